The first kappa shape index (κ1) is 7.62. The molecule has 0 saturated heterocycles. The third kappa shape index (κ3) is 0.929. The first-order chi connectivity index (χ1) is 4.59. The number of nitrogens with zero attached hydrogens (tertiary/aromatic N) is 1. The summed E-state index contributed by atoms with van der Waals surface area (Å²) >= 11 is 3.79. The molecule has 1 heterocycles. The van der Waals surface area contributed by atoms with Gasteiger partial charge in [0.15, 0.2) is 0 Å². The average molecular weight is 178 g/mol. The molecular formula is C4H6N2O2S2. The van der Waals surface area contributed by atoms with E-state index in [1.807, 2.05) is 0 Å². The van der Waals surface area contributed by atoms with Gasteiger partial charge in [0.2, 0.25) is 15.0 Å². The molecule has 0 unspecified atom stereocenters. The van der Waals surface area contributed by atoms with Gasteiger partial charge < -0.3 is 5.73 Å². The lowest BCUT2D eigenvalue weighted by atomic mass is 10.7. The van der Waals surface area contributed by atoms with Crippen LogP contribution in [0.1, 0.15) is 0 Å². The van der Waals surface area contributed by atoms with Gasteiger partial charge in [-0.3, -0.25) is 0 Å². The minimum Gasteiger partial charge on any atom is -0.374 e. The summed E-state index contributed by atoms with van der Waals surface area (Å²) in [5, 5.41) is -0.337. The second-order valence-electron chi connectivity index (χ2n) is 1.72. The Bertz CT molecular complexity index is 301. The lowest BCUT2D eigenvalue weighted by Crippen LogP contribution is -2.22. The molecule has 10 heavy (non-hydrogen) atoms. The molecule has 1 rings (SSSR count). The van der Waals surface area contributed by atoms with Crippen LogP contribution in [0.25, 0.3) is 0 Å². The van der Waals surface area contributed by atoms with Gasteiger partial charge in [-0.05, 0) is 0 Å². The van der Waals surface area contributed by atoms with Gasteiger partial charge in [0, 0.05) is 12.0 Å². The standard InChI is InChI=1S/C4H6N2O2S2/c5-4-6-1-3(2-9)10(4,7)8/h1,9H,2H2,(H2,5,6). The van der Waals surface area contributed by atoms with Crippen molar-refractivity contribution >= 4 is 27.6 Å². The van der Waals surface area contributed by atoms with E-state index in [-0.39, 0.29) is 15.8 Å². The fourth-order valence-electron chi connectivity index (χ4n) is 0.535. The number of sulfone groups is 1. The van der Waals surface area contributed by atoms with Crippen molar-refractivity contribution in [1.29, 1.82) is 0 Å². The number of hydrogen-bond acceptors (Lipinski definition) is 5. The van der Waals surface area contributed by atoms with Crippen LogP contribution in [0.2, 0.25) is 0 Å². The van der Waals surface area contributed by atoms with E-state index in [0.717, 1.165) is 0 Å². The van der Waals surface area contributed by atoms with Gasteiger partial charge in [-0.1, -0.05) is 0 Å². The van der Waals surface area contributed by atoms with E-state index < -0.39 is 9.84 Å². The molecule has 0 aromatic carbocycles. The number of amidine groups is 1. The van der Waals surface area contributed by atoms with Crippen LogP contribution in [-0.2, 0) is 9.84 Å². The second-order valence-corrected chi connectivity index (χ2v) is 3.99. The number of rotatable bonds is 1. The highest BCUT2D eigenvalue weighted by Crippen LogP contribution is 2.15. The fraction of sp³-hybridized carbons (Fsp3) is 0.250. The highest BCUT2D eigenvalue weighted by Gasteiger charge is 2.25. The van der Waals surface area contributed by atoms with Gasteiger partial charge in [-0.15, -0.1) is 0 Å². The smallest absolute Gasteiger partial charge is 0.237 e. The van der Waals surface area contributed by atoms with E-state index in [4.69, 9.17) is 5.73 Å². The maximum atomic E-state index is 11.0. The van der Waals surface area contributed by atoms with Gasteiger partial charge >= 0.3 is 0 Å². The Balaban J connectivity index is 3.14. The molecule has 4 nitrogen and oxygen atoms in total. The highest BCUT2D eigenvalue weighted by atomic mass is 32.2. The molecule has 0 aromatic heterocycles. The van der Waals surface area contributed by atoms with Crippen LogP contribution < -0.4 is 5.73 Å². The van der Waals surface area contributed by atoms with Crippen LogP contribution in [0.3, 0.4) is 0 Å². The molecule has 1 aliphatic heterocycles. The third-order valence-corrected chi connectivity index (χ3v) is 3.26. The number of thiol groups is 1. The lowest BCUT2D eigenvalue weighted by molar-refractivity contribution is 0.613. The van der Waals surface area contributed by atoms with E-state index in [0.29, 0.717) is 0 Å². The van der Waals surface area contributed by atoms with Crippen molar-refractivity contribution in [2.45, 2.75) is 0 Å². The molecule has 0 radical (unpaired) electrons. The number of hydrogen-bond donors (Lipinski definition) is 2. The van der Waals surface area contributed by atoms with E-state index in [9.17, 15) is 8.42 Å². The van der Waals surface area contributed by atoms with E-state index in [1.54, 1.807) is 0 Å². The topological polar surface area (TPSA) is 72.5 Å². The quantitative estimate of drug-likeness (QED) is 0.532. The first-order valence-electron chi connectivity index (χ1n) is 2.47. The summed E-state index contributed by atoms with van der Waals surface area (Å²) in [6, 6.07) is 0. The monoisotopic (exact) mass is 178 g/mol. The zero-order valence-corrected chi connectivity index (χ0v) is 6.69. The summed E-state index contributed by atoms with van der Waals surface area (Å²) in [7, 11) is -3.40. The molecule has 0 spiro atoms. The molecule has 1 aliphatic rings. The normalized spacial score (nSPS) is 22.1. The summed E-state index contributed by atoms with van der Waals surface area (Å²) in [6.45, 7) is 0. The van der Waals surface area contributed by atoms with Crippen molar-refractivity contribution in [2.24, 2.45) is 10.7 Å². The average Bonchev–Trinajstić information content (AvgIpc) is 2.10. The van der Waals surface area contributed by atoms with Crippen LogP contribution in [-0.4, -0.2) is 19.3 Å². The fourth-order valence-corrected chi connectivity index (χ4v) is 1.95. The lowest BCUT2D eigenvalue weighted by Gasteiger charge is -1.95. The zero-order valence-electron chi connectivity index (χ0n) is 4.98. The first-order valence-corrected chi connectivity index (χ1v) is 4.59. The minimum absolute atomic E-state index is 0.145. The number of nitrogens with two attached hydrogens (primary N) is 1. The summed E-state index contributed by atoms with van der Waals surface area (Å²) in [4.78, 5) is 3.60. The van der Waals surface area contributed by atoms with Crippen LogP contribution in [0.4, 0.5) is 0 Å². The Morgan fingerprint density at radius 1 is 1.70 bits per heavy atom. The van der Waals surface area contributed by atoms with Crippen molar-refractivity contribution in [3.8, 4) is 0 Å². The van der Waals surface area contributed by atoms with Gasteiger partial charge in [0.1, 0.15) is 0 Å². The van der Waals surface area contributed by atoms with Crippen molar-refractivity contribution in [1.82, 2.24) is 0 Å². The molecule has 0 aliphatic carbocycles. The molecule has 0 amide bonds. The van der Waals surface area contributed by atoms with Crippen LogP contribution in [0, 0.1) is 0 Å². The van der Waals surface area contributed by atoms with E-state index in [1.165, 1.54) is 6.20 Å². The van der Waals surface area contributed by atoms with Crippen LogP contribution in [0.15, 0.2) is 16.1 Å². The maximum Gasteiger partial charge on any atom is 0.237 e. The second kappa shape index (κ2) is 2.28. The molecule has 0 bridgehead atoms. The van der Waals surface area contributed by atoms with Crippen molar-refractivity contribution in [2.75, 3.05) is 5.75 Å². The largest absolute Gasteiger partial charge is 0.374 e. The SMILES string of the molecule is NC1=NC=C(CS)S1(=O)=O. The van der Waals surface area contributed by atoms with Crippen molar-refractivity contribution < 1.29 is 8.42 Å². The maximum absolute atomic E-state index is 11.0. The Morgan fingerprint density at radius 3 is 2.50 bits per heavy atom. The predicted octanol–water partition coefficient (Wildman–Crippen LogP) is -0.499. The summed E-state index contributed by atoms with van der Waals surface area (Å²) in [5.74, 6) is 0.145. The molecule has 56 valence electrons. The zero-order chi connectivity index (χ0) is 7.78. The highest BCUT2D eigenvalue weighted by molar-refractivity contribution is 8.10. The minimum atomic E-state index is -3.40. The molecular weight excluding hydrogens is 172 g/mol. The summed E-state index contributed by atoms with van der Waals surface area (Å²) in [5.41, 5.74) is 5.05. The Kier molecular flexibility index (Phi) is 1.74. The molecule has 0 fully saturated rings. The molecule has 2 N–H and O–H groups in total. The van der Waals surface area contributed by atoms with Gasteiger partial charge in [0.25, 0.3) is 0 Å². The van der Waals surface area contributed by atoms with E-state index in [2.05, 4.69) is 17.6 Å². The van der Waals surface area contributed by atoms with Crippen molar-refractivity contribution in [3.63, 3.8) is 0 Å². The molecule has 6 heteroatoms. The predicted molar refractivity (Wildman–Crippen MR) is 42.5 cm³/mol. The van der Waals surface area contributed by atoms with Crippen molar-refractivity contribution in [3.05, 3.63) is 11.1 Å². The Morgan fingerprint density at radius 2 is 2.30 bits per heavy atom. The summed E-state index contributed by atoms with van der Waals surface area (Å²) < 4.78 is 21.9. The van der Waals surface area contributed by atoms with Gasteiger partial charge in [0.05, 0.1) is 4.91 Å². The molecule has 0 saturated carbocycles. The third-order valence-electron chi connectivity index (χ3n) is 1.11. The van der Waals surface area contributed by atoms with E-state index >= 15 is 0 Å². The molecule has 0 aromatic rings. The van der Waals surface area contributed by atoms with Crippen LogP contribution in [0.5, 0.6) is 0 Å². The molecule has 0 atom stereocenters. The van der Waals surface area contributed by atoms with Crippen LogP contribution >= 0.6 is 12.6 Å². The number of aliphatic imine (C=N–C) groups is 1. The Hall–Kier alpha value is -0.490. The van der Waals surface area contributed by atoms with Gasteiger partial charge in [-0.25, -0.2) is 13.4 Å². The van der Waals surface area contributed by atoms with Gasteiger partial charge in [-0.2, -0.15) is 12.6 Å². The summed E-state index contributed by atoms with van der Waals surface area (Å²) in [6.07, 6.45) is 1.22. The Labute approximate surface area is 64.2 Å².